The molecular formula is C18H27BrO4. The summed E-state index contributed by atoms with van der Waals surface area (Å²) in [5.74, 6) is 0. The summed E-state index contributed by atoms with van der Waals surface area (Å²) in [7, 11) is 1.68. The lowest BCUT2D eigenvalue weighted by molar-refractivity contribution is -0.169. The van der Waals surface area contributed by atoms with E-state index in [2.05, 4.69) is 41.1 Å². The predicted octanol–water partition coefficient (Wildman–Crippen LogP) is 4.78. The first-order valence-electron chi connectivity index (χ1n) is 8.37. The molecule has 0 radical (unpaired) electrons. The minimum atomic E-state index is -0.134. The van der Waals surface area contributed by atoms with Crippen LogP contribution in [0.1, 0.15) is 50.2 Å². The summed E-state index contributed by atoms with van der Waals surface area (Å²) in [4.78, 5) is 0. The van der Waals surface area contributed by atoms with Crippen LogP contribution in [0, 0.1) is 0 Å². The van der Waals surface area contributed by atoms with Crippen LogP contribution in [-0.2, 0) is 32.2 Å². The van der Waals surface area contributed by atoms with E-state index in [4.69, 9.17) is 18.9 Å². The molecule has 1 aliphatic rings. The summed E-state index contributed by atoms with van der Waals surface area (Å²) in [6.45, 7) is 4.03. The van der Waals surface area contributed by atoms with Crippen molar-refractivity contribution < 1.29 is 18.9 Å². The number of ether oxygens (including phenoxy) is 4. The summed E-state index contributed by atoms with van der Waals surface area (Å²) < 4.78 is 23.5. The smallest absolute Gasteiger partial charge is 0.158 e. The van der Waals surface area contributed by atoms with E-state index in [9.17, 15) is 0 Å². The molecule has 1 saturated heterocycles. The second-order valence-electron chi connectivity index (χ2n) is 5.80. The average molecular weight is 387 g/mol. The Kier molecular flexibility index (Phi) is 8.55. The Hall–Kier alpha value is -0.460. The standard InChI is InChI=1S/C18H27BrO4/c1-3-6-17(20-2)22-12-14-8-9-15(16(19)11-14)13-23-18-7-4-5-10-21-18/h8-9,11,17-18H,3-7,10,12-13H2,1-2H3. The van der Waals surface area contributed by atoms with Crippen molar-refractivity contribution >= 4 is 15.9 Å². The van der Waals surface area contributed by atoms with E-state index in [0.29, 0.717) is 13.2 Å². The van der Waals surface area contributed by atoms with Crippen molar-refractivity contribution in [2.45, 2.75) is 64.8 Å². The Morgan fingerprint density at radius 3 is 2.83 bits per heavy atom. The molecule has 1 fully saturated rings. The molecule has 2 unspecified atom stereocenters. The average Bonchev–Trinajstić information content (AvgIpc) is 2.58. The van der Waals surface area contributed by atoms with Gasteiger partial charge in [0.05, 0.1) is 13.2 Å². The van der Waals surface area contributed by atoms with E-state index < -0.39 is 0 Å². The van der Waals surface area contributed by atoms with Gasteiger partial charge in [0.15, 0.2) is 12.6 Å². The second-order valence-corrected chi connectivity index (χ2v) is 6.65. The number of rotatable bonds is 9. The molecule has 4 nitrogen and oxygen atoms in total. The molecule has 0 N–H and O–H groups in total. The fraction of sp³-hybridized carbons (Fsp3) is 0.667. The van der Waals surface area contributed by atoms with Gasteiger partial charge < -0.3 is 18.9 Å². The van der Waals surface area contributed by atoms with Crippen LogP contribution in [0.15, 0.2) is 22.7 Å². The first-order chi connectivity index (χ1) is 11.2. The molecular weight excluding hydrogens is 360 g/mol. The van der Waals surface area contributed by atoms with Gasteiger partial charge in [0.25, 0.3) is 0 Å². The lowest BCUT2D eigenvalue weighted by Gasteiger charge is -2.23. The summed E-state index contributed by atoms with van der Waals surface area (Å²) in [5, 5.41) is 0. The van der Waals surface area contributed by atoms with Crippen LogP contribution < -0.4 is 0 Å². The number of hydrogen-bond donors (Lipinski definition) is 0. The summed E-state index contributed by atoms with van der Waals surface area (Å²) in [6, 6.07) is 6.23. The molecule has 23 heavy (non-hydrogen) atoms. The van der Waals surface area contributed by atoms with Gasteiger partial charge in [-0.3, -0.25) is 0 Å². The van der Waals surface area contributed by atoms with Crippen molar-refractivity contribution in [3.05, 3.63) is 33.8 Å². The monoisotopic (exact) mass is 386 g/mol. The topological polar surface area (TPSA) is 36.9 Å². The number of halogens is 1. The molecule has 0 aliphatic carbocycles. The third kappa shape index (κ3) is 6.51. The van der Waals surface area contributed by atoms with E-state index in [-0.39, 0.29) is 12.6 Å². The maximum atomic E-state index is 5.83. The van der Waals surface area contributed by atoms with Gasteiger partial charge in [-0.05, 0) is 42.9 Å². The molecule has 0 amide bonds. The highest BCUT2D eigenvalue weighted by Gasteiger charge is 2.15. The molecule has 130 valence electrons. The molecule has 1 aliphatic heterocycles. The Morgan fingerprint density at radius 1 is 1.30 bits per heavy atom. The number of hydrogen-bond acceptors (Lipinski definition) is 4. The largest absolute Gasteiger partial charge is 0.356 e. The molecule has 0 aromatic heterocycles. The van der Waals surface area contributed by atoms with Gasteiger partial charge in [-0.2, -0.15) is 0 Å². The first-order valence-corrected chi connectivity index (χ1v) is 9.17. The van der Waals surface area contributed by atoms with Gasteiger partial charge in [0.2, 0.25) is 0 Å². The van der Waals surface area contributed by atoms with E-state index in [1.165, 1.54) is 6.42 Å². The molecule has 5 heteroatoms. The zero-order valence-corrected chi connectivity index (χ0v) is 15.6. The summed E-state index contributed by atoms with van der Waals surface area (Å²) in [6.07, 6.45) is 5.06. The lowest BCUT2D eigenvalue weighted by atomic mass is 10.1. The van der Waals surface area contributed by atoms with Crippen LogP contribution in [0.5, 0.6) is 0 Å². The third-order valence-corrected chi connectivity index (χ3v) is 4.64. The first kappa shape index (κ1) is 18.9. The zero-order chi connectivity index (χ0) is 16.5. The third-order valence-electron chi connectivity index (χ3n) is 3.90. The highest BCUT2D eigenvalue weighted by atomic mass is 79.9. The normalized spacial score (nSPS) is 19.7. The fourth-order valence-corrected chi connectivity index (χ4v) is 3.06. The minimum Gasteiger partial charge on any atom is -0.356 e. The van der Waals surface area contributed by atoms with Gasteiger partial charge in [-0.15, -0.1) is 0 Å². The molecule has 1 heterocycles. The Morgan fingerprint density at radius 2 is 2.17 bits per heavy atom. The summed E-state index contributed by atoms with van der Waals surface area (Å²) >= 11 is 3.62. The van der Waals surface area contributed by atoms with Gasteiger partial charge in [-0.25, -0.2) is 0 Å². The van der Waals surface area contributed by atoms with E-state index >= 15 is 0 Å². The Bertz CT molecular complexity index is 460. The van der Waals surface area contributed by atoms with Crippen molar-refractivity contribution in [2.75, 3.05) is 13.7 Å². The highest BCUT2D eigenvalue weighted by molar-refractivity contribution is 9.10. The van der Waals surface area contributed by atoms with Crippen LogP contribution in [0.25, 0.3) is 0 Å². The van der Waals surface area contributed by atoms with Crippen LogP contribution >= 0.6 is 15.9 Å². The molecule has 1 aromatic carbocycles. The molecule has 0 spiro atoms. The molecule has 0 saturated carbocycles. The van der Waals surface area contributed by atoms with Gasteiger partial charge in [0.1, 0.15) is 0 Å². The second kappa shape index (κ2) is 10.4. The highest BCUT2D eigenvalue weighted by Crippen LogP contribution is 2.23. The summed E-state index contributed by atoms with van der Waals surface area (Å²) in [5.41, 5.74) is 2.24. The Labute approximate surface area is 147 Å². The van der Waals surface area contributed by atoms with Crippen LogP contribution in [-0.4, -0.2) is 26.3 Å². The predicted molar refractivity (Wildman–Crippen MR) is 93.0 cm³/mol. The molecule has 1 aromatic rings. The van der Waals surface area contributed by atoms with Gasteiger partial charge >= 0.3 is 0 Å². The number of methoxy groups -OCH3 is 1. The molecule has 0 bridgehead atoms. The van der Waals surface area contributed by atoms with Crippen molar-refractivity contribution in [2.24, 2.45) is 0 Å². The Balaban J connectivity index is 1.82. The van der Waals surface area contributed by atoms with Crippen molar-refractivity contribution in [1.29, 1.82) is 0 Å². The fourth-order valence-electron chi connectivity index (χ4n) is 2.52. The van der Waals surface area contributed by atoms with Crippen LogP contribution in [0.2, 0.25) is 0 Å². The maximum absolute atomic E-state index is 5.83. The maximum Gasteiger partial charge on any atom is 0.158 e. The zero-order valence-electron chi connectivity index (χ0n) is 14.1. The van der Waals surface area contributed by atoms with Crippen molar-refractivity contribution in [3.8, 4) is 0 Å². The number of benzene rings is 1. The van der Waals surface area contributed by atoms with Crippen LogP contribution in [0.3, 0.4) is 0 Å². The van der Waals surface area contributed by atoms with E-state index in [1.807, 2.05) is 0 Å². The van der Waals surface area contributed by atoms with Crippen molar-refractivity contribution in [1.82, 2.24) is 0 Å². The van der Waals surface area contributed by atoms with Crippen molar-refractivity contribution in [3.63, 3.8) is 0 Å². The van der Waals surface area contributed by atoms with Gasteiger partial charge in [-0.1, -0.05) is 41.4 Å². The van der Waals surface area contributed by atoms with E-state index in [0.717, 1.165) is 47.9 Å². The lowest BCUT2D eigenvalue weighted by Crippen LogP contribution is -2.22. The molecule has 2 rings (SSSR count). The van der Waals surface area contributed by atoms with E-state index in [1.54, 1.807) is 7.11 Å². The van der Waals surface area contributed by atoms with Gasteiger partial charge in [0, 0.05) is 18.2 Å². The SMILES string of the molecule is CCCC(OC)OCc1ccc(COC2CCCCO2)c(Br)c1. The van der Waals surface area contributed by atoms with Crippen LogP contribution in [0.4, 0.5) is 0 Å². The molecule has 2 atom stereocenters. The minimum absolute atomic E-state index is 0.0600. The quantitative estimate of drug-likeness (QED) is 0.572.